The molecule has 1 fully saturated rings. The van der Waals surface area contributed by atoms with E-state index in [4.69, 9.17) is 9.47 Å². The van der Waals surface area contributed by atoms with Crippen LogP contribution in [0.25, 0.3) is 11.1 Å². The normalized spacial score (nSPS) is 14.5. The molecule has 2 aliphatic rings. The molecule has 7 rings (SSSR count). The fraction of sp³-hybridized carbons (Fsp3) is 0.244. The van der Waals surface area contributed by atoms with E-state index in [0.717, 1.165) is 85.0 Å². The van der Waals surface area contributed by atoms with Gasteiger partial charge in [-0.2, -0.15) is 0 Å². The smallest absolute Gasteiger partial charge is 0.322 e. The zero-order chi connectivity index (χ0) is 32.5. The van der Waals surface area contributed by atoms with Crippen LogP contribution >= 0.6 is 0 Å². The number of para-hydroxylation sites is 1. The molecule has 0 unspecified atom stereocenters. The molecule has 5 aromatic rings. The maximum atomic E-state index is 13.8. The summed E-state index contributed by atoms with van der Waals surface area (Å²) in [6.45, 7) is 5.24. The van der Waals surface area contributed by atoms with Gasteiger partial charge in [0.15, 0.2) is 11.5 Å². The number of benzene rings is 5. The number of piperidine rings is 1. The number of nitrogens with zero attached hydrogens (tertiary/aromatic N) is 2. The number of rotatable bonds is 11. The SMILES string of the molecule is O=C(Nc1ccccc1)N(Cc1cccc(-c2ccc(CNCc3ccc4c(c3)OCO4)cc2)c1)C1CCN(Cc2ccccc2)CC1. The van der Waals surface area contributed by atoms with E-state index in [1.807, 2.05) is 47.4 Å². The Morgan fingerprint density at radius 3 is 2.15 bits per heavy atom. The van der Waals surface area contributed by atoms with E-state index < -0.39 is 0 Å². The zero-order valence-electron chi connectivity index (χ0n) is 27.2. The molecule has 0 aromatic heterocycles. The number of likely N-dealkylation sites (tertiary alicyclic amines) is 1. The molecular weight excluding hydrogens is 596 g/mol. The molecule has 2 heterocycles. The van der Waals surface area contributed by atoms with Crippen LogP contribution in [0.15, 0.2) is 127 Å². The number of carbonyl (C=O) groups excluding carboxylic acids is 1. The number of carbonyl (C=O) groups is 1. The molecule has 0 spiro atoms. The summed E-state index contributed by atoms with van der Waals surface area (Å²) >= 11 is 0. The Balaban J connectivity index is 0.993. The Morgan fingerprint density at radius 1 is 0.667 bits per heavy atom. The number of hydrogen-bond donors (Lipinski definition) is 2. The first-order valence-electron chi connectivity index (χ1n) is 16.8. The number of fused-ring (bicyclic) bond motifs is 1. The zero-order valence-corrected chi connectivity index (χ0v) is 27.2. The standard InChI is InChI=1S/C41H42N4O3/c46-41(43-37-12-5-2-6-13-37)45(38-20-22-44(23-21-38)28-32-8-3-1-4-9-32)29-34-10-7-11-36(24-34)35-17-14-31(15-18-35)26-42-27-33-16-19-39-40(25-33)48-30-47-39/h1-19,24-25,38,42H,20-23,26-30H2,(H,43,46). The molecule has 0 saturated carbocycles. The minimum absolute atomic E-state index is 0.0503. The number of nitrogens with one attached hydrogen (secondary N) is 2. The molecule has 0 atom stereocenters. The largest absolute Gasteiger partial charge is 0.454 e. The van der Waals surface area contributed by atoms with E-state index in [1.165, 1.54) is 11.1 Å². The summed E-state index contributed by atoms with van der Waals surface area (Å²) in [5, 5.41) is 6.69. The van der Waals surface area contributed by atoms with Crippen molar-refractivity contribution in [3.63, 3.8) is 0 Å². The lowest BCUT2D eigenvalue weighted by molar-refractivity contribution is 0.120. The van der Waals surface area contributed by atoms with Crippen LogP contribution in [0, 0.1) is 0 Å². The second-order valence-electron chi connectivity index (χ2n) is 12.6. The van der Waals surface area contributed by atoms with Gasteiger partial charge in [0.05, 0.1) is 0 Å². The van der Waals surface area contributed by atoms with Gasteiger partial charge in [-0.3, -0.25) is 4.90 Å². The van der Waals surface area contributed by atoms with Crippen LogP contribution in [0.3, 0.4) is 0 Å². The fourth-order valence-electron chi connectivity index (χ4n) is 6.58. The highest BCUT2D eigenvalue weighted by molar-refractivity contribution is 5.89. The molecule has 48 heavy (non-hydrogen) atoms. The van der Waals surface area contributed by atoms with Crippen molar-refractivity contribution in [2.75, 3.05) is 25.2 Å². The maximum absolute atomic E-state index is 13.8. The van der Waals surface area contributed by atoms with E-state index in [0.29, 0.717) is 6.54 Å². The number of hydrogen-bond acceptors (Lipinski definition) is 5. The third-order valence-electron chi connectivity index (χ3n) is 9.20. The van der Waals surface area contributed by atoms with Gasteiger partial charge in [0, 0.05) is 51.0 Å². The van der Waals surface area contributed by atoms with E-state index >= 15 is 0 Å². The molecular formula is C41H42N4O3. The van der Waals surface area contributed by atoms with E-state index in [1.54, 1.807) is 0 Å². The van der Waals surface area contributed by atoms with Gasteiger partial charge >= 0.3 is 6.03 Å². The van der Waals surface area contributed by atoms with Crippen molar-refractivity contribution in [1.82, 2.24) is 15.1 Å². The molecule has 7 heteroatoms. The summed E-state index contributed by atoms with van der Waals surface area (Å²) < 4.78 is 10.9. The third kappa shape index (κ3) is 8.05. The Morgan fingerprint density at radius 2 is 1.35 bits per heavy atom. The van der Waals surface area contributed by atoms with Crippen LogP contribution in [0.5, 0.6) is 11.5 Å². The summed E-state index contributed by atoms with van der Waals surface area (Å²) in [6, 6.07) is 43.9. The van der Waals surface area contributed by atoms with Gasteiger partial charge in [-0.25, -0.2) is 4.79 Å². The quantitative estimate of drug-likeness (QED) is 0.153. The highest BCUT2D eigenvalue weighted by Crippen LogP contribution is 2.32. The van der Waals surface area contributed by atoms with Gasteiger partial charge < -0.3 is 25.0 Å². The van der Waals surface area contributed by atoms with E-state index in [2.05, 4.69) is 100 Å². The number of ether oxygens (including phenoxy) is 2. The molecule has 2 amide bonds. The topological polar surface area (TPSA) is 66.1 Å². The van der Waals surface area contributed by atoms with E-state index in [-0.39, 0.29) is 18.9 Å². The first-order chi connectivity index (χ1) is 23.7. The molecule has 2 aliphatic heterocycles. The van der Waals surface area contributed by atoms with Crippen molar-refractivity contribution in [2.45, 2.75) is 45.1 Å². The van der Waals surface area contributed by atoms with Crippen LogP contribution in [0.2, 0.25) is 0 Å². The fourth-order valence-corrected chi connectivity index (χ4v) is 6.58. The summed E-state index contributed by atoms with van der Waals surface area (Å²) in [6.07, 6.45) is 1.89. The average Bonchev–Trinajstić information content (AvgIpc) is 3.61. The first kappa shape index (κ1) is 31.5. The van der Waals surface area contributed by atoms with Gasteiger partial charge in [-0.15, -0.1) is 0 Å². The van der Waals surface area contributed by atoms with Crippen molar-refractivity contribution < 1.29 is 14.3 Å². The van der Waals surface area contributed by atoms with E-state index in [9.17, 15) is 4.79 Å². The molecule has 7 nitrogen and oxygen atoms in total. The summed E-state index contributed by atoms with van der Waals surface area (Å²) in [7, 11) is 0. The number of urea groups is 1. The maximum Gasteiger partial charge on any atom is 0.322 e. The summed E-state index contributed by atoms with van der Waals surface area (Å²) in [5.41, 5.74) is 7.95. The minimum atomic E-state index is -0.0503. The Hall–Kier alpha value is -5.11. The summed E-state index contributed by atoms with van der Waals surface area (Å²) in [4.78, 5) is 18.3. The second kappa shape index (κ2) is 15.2. The lowest BCUT2D eigenvalue weighted by Crippen LogP contribution is -2.48. The molecule has 0 aliphatic carbocycles. The molecule has 0 bridgehead atoms. The summed E-state index contributed by atoms with van der Waals surface area (Å²) in [5.74, 6) is 1.62. The van der Waals surface area contributed by atoms with Crippen molar-refractivity contribution in [3.8, 4) is 22.6 Å². The van der Waals surface area contributed by atoms with Crippen molar-refractivity contribution in [1.29, 1.82) is 0 Å². The first-order valence-corrected chi connectivity index (χ1v) is 16.8. The second-order valence-corrected chi connectivity index (χ2v) is 12.6. The predicted octanol–water partition coefficient (Wildman–Crippen LogP) is 8.07. The van der Waals surface area contributed by atoms with Crippen LogP contribution < -0.4 is 20.1 Å². The van der Waals surface area contributed by atoms with Crippen LogP contribution in [-0.4, -0.2) is 41.8 Å². The van der Waals surface area contributed by atoms with Gasteiger partial charge in [0.1, 0.15) is 0 Å². The highest BCUT2D eigenvalue weighted by atomic mass is 16.7. The Kier molecular flexibility index (Phi) is 9.97. The van der Waals surface area contributed by atoms with Crippen molar-refractivity contribution >= 4 is 11.7 Å². The van der Waals surface area contributed by atoms with Gasteiger partial charge in [0.2, 0.25) is 6.79 Å². The third-order valence-corrected chi connectivity index (χ3v) is 9.20. The lowest BCUT2D eigenvalue weighted by Gasteiger charge is -2.38. The average molecular weight is 639 g/mol. The predicted molar refractivity (Wildman–Crippen MR) is 191 cm³/mol. The molecule has 2 N–H and O–H groups in total. The number of anilines is 1. The van der Waals surface area contributed by atoms with Crippen molar-refractivity contribution in [2.24, 2.45) is 0 Å². The number of amides is 2. The Labute approximate surface area is 283 Å². The molecule has 0 radical (unpaired) electrons. The highest BCUT2D eigenvalue weighted by Gasteiger charge is 2.28. The monoisotopic (exact) mass is 638 g/mol. The van der Waals surface area contributed by atoms with Crippen LogP contribution in [-0.2, 0) is 26.2 Å². The van der Waals surface area contributed by atoms with Gasteiger partial charge in [-0.1, -0.05) is 97.1 Å². The molecule has 244 valence electrons. The van der Waals surface area contributed by atoms with Gasteiger partial charge in [-0.05, 0) is 76.6 Å². The van der Waals surface area contributed by atoms with Crippen LogP contribution in [0.1, 0.15) is 35.1 Å². The van der Waals surface area contributed by atoms with Crippen molar-refractivity contribution in [3.05, 3.63) is 150 Å². The van der Waals surface area contributed by atoms with Gasteiger partial charge in [0.25, 0.3) is 0 Å². The van der Waals surface area contributed by atoms with Crippen LogP contribution in [0.4, 0.5) is 10.5 Å². The lowest BCUT2D eigenvalue weighted by atomic mass is 9.99. The Bertz CT molecular complexity index is 1790. The molecule has 1 saturated heterocycles. The molecule has 5 aromatic carbocycles. The minimum Gasteiger partial charge on any atom is -0.454 e.